The van der Waals surface area contributed by atoms with Crippen molar-refractivity contribution in [2.45, 2.75) is 44.1 Å². The van der Waals surface area contributed by atoms with E-state index in [4.69, 9.17) is 14.2 Å². The van der Waals surface area contributed by atoms with E-state index in [0.717, 1.165) is 0 Å². The summed E-state index contributed by atoms with van der Waals surface area (Å²) in [6, 6.07) is 5.64. The minimum Gasteiger partial charge on any atom is -0.459 e. The van der Waals surface area contributed by atoms with Crippen LogP contribution in [0.25, 0.3) is 0 Å². The number of ether oxygens (including phenoxy) is 3. The second-order valence-electron chi connectivity index (χ2n) is 7.14. The third kappa shape index (κ3) is 3.65. The Labute approximate surface area is 175 Å². The average molecular weight is 434 g/mol. The summed E-state index contributed by atoms with van der Waals surface area (Å²) in [5.41, 5.74) is 0.648. The number of carbonyl (C=O) groups excluding carboxylic acids is 3. The summed E-state index contributed by atoms with van der Waals surface area (Å²) in [5.74, 6) is -2.08. The lowest BCUT2D eigenvalue weighted by Gasteiger charge is -2.45. The molecule has 3 aliphatic heterocycles. The zero-order valence-electron chi connectivity index (χ0n) is 16.0. The molecule has 1 aromatic carbocycles. The molecule has 10 nitrogen and oxygen atoms in total. The van der Waals surface area contributed by atoms with Gasteiger partial charge in [-0.15, -0.1) is 11.8 Å². The van der Waals surface area contributed by atoms with Crippen molar-refractivity contribution in [3.8, 4) is 0 Å². The molecule has 0 radical (unpaired) electrons. The van der Waals surface area contributed by atoms with E-state index in [9.17, 15) is 24.5 Å². The van der Waals surface area contributed by atoms with Crippen molar-refractivity contribution in [3.63, 3.8) is 0 Å². The van der Waals surface area contributed by atoms with Crippen molar-refractivity contribution < 1.29 is 33.5 Å². The van der Waals surface area contributed by atoms with Gasteiger partial charge in [0.1, 0.15) is 35.8 Å². The monoisotopic (exact) mass is 434 g/mol. The van der Waals surface area contributed by atoms with Crippen LogP contribution in [0.2, 0.25) is 0 Å². The topological polar surface area (TPSA) is 129 Å². The van der Waals surface area contributed by atoms with Crippen LogP contribution in [0, 0.1) is 16.0 Å². The normalized spacial score (nSPS) is 27.5. The first-order valence-corrected chi connectivity index (χ1v) is 10.1. The van der Waals surface area contributed by atoms with Crippen LogP contribution >= 0.6 is 11.8 Å². The number of non-ortho nitro benzene ring substituents is 1. The number of nitro benzene ring substituents is 1. The Morgan fingerprint density at radius 2 is 2.00 bits per heavy atom. The summed E-state index contributed by atoms with van der Waals surface area (Å²) in [5, 5.41) is 11.9. The highest BCUT2D eigenvalue weighted by molar-refractivity contribution is 8.03. The minimum atomic E-state index is -0.692. The molecule has 158 valence electrons. The van der Waals surface area contributed by atoms with Crippen LogP contribution in [-0.4, -0.2) is 51.4 Å². The number of esters is 2. The number of hydrogen-bond acceptors (Lipinski definition) is 9. The van der Waals surface area contributed by atoms with Crippen LogP contribution in [0.1, 0.15) is 19.4 Å². The number of β-lactam (4-membered cyclic amide) rings is 1. The van der Waals surface area contributed by atoms with Crippen molar-refractivity contribution in [1.29, 1.82) is 0 Å². The van der Waals surface area contributed by atoms with Gasteiger partial charge >= 0.3 is 11.9 Å². The first-order valence-electron chi connectivity index (χ1n) is 9.19. The first-order chi connectivity index (χ1) is 14.3. The number of nitro groups is 1. The van der Waals surface area contributed by atoms with Crippen LogP contribution in [0.5, 0.6) is 0 Å². The molecule has 4 rings (SSSR count). The Kier molecular flexibility index (Phi) is 5.24. The maximum atomic E-state index is 12.7. The molecule has 1 aromatic rings. The Hall–Kier alpha value is -2.92. The zero-order chi connectivity index (χ0) is 21.6. The number of benzene rings is 1. The second kappa shape index (κ2) is 7.73. The number of epoxide rings is 1. The van der Waals surface area contributed by atoms with E-state index in [0.29, 0.717) is 5.56 Å². The fraction of sp³-hybridized carbons (Fsp3) is 0.421. The molecular formula is C19H18N2O8S. The fourth-order valence-electron chi connectivity index (χ4n) is 3.55. The first kappa shape index (κ1) is 20.4. The summed E-state index contributed by atoms with van der Waals surface area (Å²) in [4.78, 5) is 48.2. The number of fused-ring (bicyclic) bond motifs is 1. The molecule has 30 heavy (non-hydrogen) atoms. The standard InChI is InChI=1S/C19H18N2O8S/c1-9-15(28-9)16(29-10(2)22)14-17(23)20-13(8-30-18(14)20)19(24)27-7-11-3-5-12(6-4-11)21(25)26/h3-6,8-9,14-16,18H,7H2,1-2H3/t9?,14-,15?,16?,18+/m0/s1. The molecule has 2 saturated heterocycles. The largest absolute Gasteiger partial charge is 0.459 e. The summed E-state index contributed by atoms with van der Waals surface area (Å²) in [7, 11) is 0. The summed E-state index contributed by atoms with van der Waals surface area (Å²) in [6.45, 7) is 3.03. The molecule has 3 aliphatic rings. The second-order valence-corrected chi connectivity index (χ2v) is 8.13. The molecule has 0 aliphatic carbocycles. The van der Waals surface area contributed by atoms with Crippen molar-refractivity contribution in [1.82, 2.24) is 4.90 Å². The van der Waals surface area contributed by atoms with Gasteiger partial charge in [0.15, 0.2) is 0 Å². The van der Waals surface area contributed by atoms with Gasteiger partial charge in [0, 0.05) is 24.5 Å². The highest BCUT2D eigenvalue weighted by atomic mass is 32.2. The van der Waals surface area contributed by atoms with Crippen molar-refractivity contribution in [2.24, 2.45) is 5.92 Å². The Morgan fingerprint density at radius 1 is 1.33 bits per heavy atom. The van der Waals surface area contributed by atoms with E-state index in [1.807, 2.05) is 6.92 Å². The van der Waals surface area contributed by atoms with E-state index in [1.165, 1.54) is 47.9 Å². The predicted molar refractivity (Wildman–Crippen MR) is 103 cm³/mol. The molecule has 0 aromatic heterocycles. The zero-order valence-corrected chi connectivity index (χ0v) is 16.9. The van der Waals surface area contributed by atoms with Gasteiger partial charge in [-0.05, 0) is 24.6 Å². The maximum Gasteiger partial charge on any atom is 0.355 e. The van der Waals surface area contributed by atoms with Gasteiger partial charge in [0.25, 0.3) is 5.69 Å². The quantitative estimate of drug-likeness (QED) is 0.207. The summed E-state index contributed by atoms with van der Waals surface area (Å²) < 4.78 is 16.0. The van der Waals surface area contributed by atoms with E-state index < -0.39 is 28.9 Å². The van der Waals surface area contributed by atoms with Gasteiger partial charge in [0.05, 0.1) is 11.0 Å². The van der Waals surface area contributed by atoms with Crippen molar-refractivity contribution >= 4 is 35.3 Å². The predicted octanol–water partition coefficient (Wildman–Crippen LogP) is 1.73. The van der Waals surface area contributed by atoms with Gasteiger partial charge in [-0.1, -0.05) is 0 Å². The van der Waals surface area contributed by atoms with Crippen LogP contribution in [0.3, 0.4) is 0 Å². The molecule has 3 heterocycles. The van der Waals surface area contributed by atoms with E-state index in [2.05, 4.69) is 0 Å². The van der Waals surface area contributed by atoms with Gasteiger partial charge in [-0.25, -0.2) is 4.79 Å². The minimum absolute atomic E-state index is 0.0590. The third-order valence-electron chi connectivity index (χ3n) is 5.13. The molecule has 0 N–H and O–H groups in total. The van der Waals surface area contributed by atoms with Crippen molar-refractivity contribution in [3.05, 3.63) is 51.0 Å². The van der Waals surface area contributed by atoms with Crippen LogP contribution in [0.15, 0.2) is 35.4 Å². The molecule has 1 amide bonds. The molecule has 0 saturated carbocycles. The molecule has 11 heteroatoms. The van der Waals surface area contributed by atoms with E-state index in [1.54, 1.807) is 5.41 Å². The average Bonchev–Trinajstić information content (AvgIpc) is 3.30. The van der Waals surface area contributed by atoms with Gasteiger partial charge < -0.3 is 14.2 Å². The molecule has 3 unspecified atom stereocenters. The van der Waals surface area contributed by atoms with Crippen LogP contribution < -0.4 is 0 Å². The number of hydrogen-bond donors (Lipinski definition) is 0. The third-order valence-corrected chi connectivity index (χ3v) is 6.27. The Morgan fingerprint density at radius 3 is 2.57 bits per heavy atom. The SMILES string of the molecule is CC(=O)OC(C1OC1C)[C@H]1C(=O)N2C(C(=O)OCc3ccc([N+](=O)[O-])cc3)=CS[C@H]12. The van der Waals surface area contributed by atoms with E-state index >= 15 is 0 Å². The number of amides is 1. The number of thioether (sulfide) groups is 1. The highest BCUT2D eigenvalue weighted by Gasteiger charge is 2.62. The molecule has 5 atom stereocenters. The summed E-state index contributed by atoms with van der Waals surface area (Å²) >= 11 is 1.29. The molecular weight excluding hydrogens is 416 g/mol. The van der Waals surface area contributed by atoms with Crippen LogP contribution in [0.4, 0.5) is 5.69 Å². The molecule has 0 bridgehead atoms. The van der Waals surface area contributed by atoms with E-state index in [-0.39, 0.29) is 41.5 Å². The Balaban J connectivity index is 1.37. The molecule has 0 spiro atoms. The number of rotatable bonds is 7. The maximum absolute atomic E-state index is 12.7. The lowest BCUT2D eigenvalue weighted by atomic mass is 9.88. The van der Waals surface area contributed by atoms with Gasteiger partial charge in [-0.3, -0.25) is 24.6 Å². The van der Waals surface area contributed by atoms with Gasteiger partial charge in [0.2, 0.25) is 5.91 Å². The van der Waals surface area contributed by atoms with Crippen LogP contribution in [-0.2, 0) is 35.2 Å². The molecule has 2 fully saturated rings. The highest BCUT2D eigenvalue weighted by Crippen LogP contribution is 2.49. The van der Waals surface area contributed by atoms with Crippen molar-refractivity contribution in [2.75, 3.05) is 0 Å². The lowest BCUT2D eigenvalue weighted by molar-refractivity contribution is -0.384. The number of nitrogens with zero attached hydrogens (tertiary/aromatic N) is 2. The Bertz CT molecular complexity index is 946. The summed E-state index contributed by atoms with van der Waals surface area (Å²) in [6.07, 6.45) is -1.12. The van der Waals surface area contributed by atoms with Gasteiger partial charge in [-0.2, -0.15) is 0 Å². The number of carbonyl (C=O) groups is 3. The smallest absolute Gasteiger partial charge is 0.355 e. The fourth-order valence-corrected chi connectivity index (χ4v) is 4.81. The lowest BCUT2D eigenvalue weighted by Crippen LogP contribution is -2.63.